The molecule has 2 heteroatoms. The molecule has 0 heterocycles. The lowest BCUT2D eigenvalue weighted by molar-refractivity contribution is 0.0817. The Labute approximate surface area is 126 Å². The normalized spacial score (nSPS) is 12.0. The van der Waals surface area contributed by atoms with Crippen molar-refractivity contribution in [3.63, 3.8) is 0 Å². The van der Waals surface area contributed by atoms with Gasteiger partial charge in [-0.25, -0.2) is 0 Å². The molecule has 1 unspecified atom stereocenters. The van der Waals surface area contributed by atoms with Crippen LogP contribution in [0.4, 0.5) is 0 Å². The molecule has 2 nitrogen and oxygen atoms in total. The van der Waals surface area contributed by atoms with Crippen LogP contribution in [0.5, 0.6) is 5.75 Å². The molecule has 110 valence electrons. The molecule has 1 atom stereocenters. The molecule has 0 saturated carbocycles. The van der Waals surface area contributed by atoms with Crippen LogP contribution >= 0.6 is 0 Å². The Kier molecular flexibility index (Phi) is 4.46. The van der Waals surface area contributed by atoms with E-state index in [9.17, 15) is 4.79 Å². The van der Waals surface area contributed by atoms with Crippen molar-refractivity contribution in [1.29, 1.82) is 0 Å². The smallest absolute Gasteiger partial charge is 0.203 e. The van der Waals surface area contributed by atoms with Crippen molar-refractivity contribution in [2.45, 2.75) is 40.7 Å². The molecule has 0 bridgehead atoms. The van der Waals surface area contributed by atoms with Crippen LogP contribution in [0.2, 0.25) is 0 Å². The first kappa shape index (κ1) is 15.3. The van der Waals surface area contributed by atoms with Crippen LogP contribution in [0.3, 0.4) is 0 Å². The summed E-state index contributed by atoms with van der Waals surface area (Å²) in [5, 5.41) is 0. The van der Waals surface area contributed by atoms with Gasteiger partial charge in [-0.15, -0.1) is 0 Å². The molecule has 0 aliphatic rings. The van der Waals surface area contributed by atoms with Crippen molar-refractivity contribution in [3.8, 4) is 5.75 Å². The fraction of sp³-hybridized carbons (Fsp3) is 0.316. The number of ether oxygens (including phenoxy) is 1. The summed E-state index contributed by atoms with van der Waals surface area (Å²) in [4.78, 5) is 12.6. The van der Waals surface area contributed by atoms with E-state index >= 15 is 0 Å². The van der Waals surface area contributed by atoms with E-state index in [1.54, 1.807) is 0 Å². The standard InChI is InChI=1S/C19H22O2/c1-12-6-7-15(4)18(11-12)19(20)16(5)21-17-9-13(2)8-14(3)10-17/h6-11,16H,1-5H3. The maximum Gasteiger partial charge on any atom is 0.203 e. The summed E-state index contributed by atoms with van der Waals surface area (Å²) in [5.74, 6) is 0.772. The molecule has 0 radical (unpaired) electrons. The van der Waals surface area contributed by atoms with Gasteiger partial charge in [0, 0.05) is 5.56 Å². The van der Waals surface area contributed by atoms with Gasteiger partial charge in [0.1, 0.15) is 5.75 Å². The fourth-order valence-corrected chi connectivity index (χ4v) is 2.48. The highest BCUT2D eigenvalue weighted by atomic mass is 16.5. The van der Waals surface area contributed by atoms with Crippen molar-refractivity contribution < 1.29 is 9.53 Å². The van der Waals surface area contributed by atoms with Crippen LogP contribution in [0.25, 0.3) is 0 Å². The Morgan fingerprint density at radius 1 is 0.905 bits per heavy atom. The van der Waals surface area contributed by atoms with Gasteiger partial charge in [0.25, 0.3) is 0 Å². The minimum atomic E-state index is -0.494. The van der Waals surface area contributed by atoms with E-state index < -0.39 is 6.10 Å². The van der Waals surface area contributed by atoms with Gasteiger partial charge < -0.3 is 4.74 Å². The number of hydrogen-bond acceptors (Lipinski definition) is 2. The second-order valence-corrected chi connectivity index (χ2v) is 5.77. The fourth-order valence-electron chi connectivity index (χ4n) is 2.48. The molecule has 2 rings (SSSR count). The predicted octanol–water partition coefficient (Wildman–Crippen LogP) is 4.57. The average Bonchev–Trinajstić information content (AvgIpc) is 2.39. The Bertz CT molecular complexity index is 651. The molecule has 2 aromatic carbocycles. The SMILES string of the molecule is Cc1cc(C)cc(OC(C)C(=O)c2cc(C)ccc2C)c1. The van der Waals surface area contributed by atoms with Gasteiger partial charge in [0.2, 0.25) is 5.78 Å². The molecule has 0 saturated heterocycles. The van der Waals surface area contributed by atoms with E-state index in [0.29, 0.717) is 0 Å². The van der Waals surface area contributed by atoms with E-state index in [2.05, 4.69) is 6.07 Å². The number of aryl methyl sites for hydroxylation is 4. The number of rotatable bonds is 4. The number of Topliss-reactive ketones (excluding diaryl/α,β-unsaturated/α-hetero) is 1. The number of carbonyl (C=O) groups excluding carboxylic acids is 1. The van der Waals surface area contributed by atoms with E-state index in [1.807, 2.05) is 65.0 Å². The quantitative estimate of drug-likeness (QED) is 0.768. The number of benzene rings is 2. The molecule has 0 fully saturated rings. The van der Waals surface area contributed by atoms with Crippen LogP contribution in [-0.2, 0) is 0 Å². The largest absolute Gasteiger partial charge is 0.483 e. The zero-order valence-corrected chi connectivity index (χ0v) is 13.4. The molecule has 0 aromatic heterocycles. The lowest BCUT2D eigenvalue weighted by Gasteiger charge is -2.16. The average molecular weight is 282 g/mol. The molecule has 2 aromatic rings. The van der Waals surface area contributed by atoms with Gasteiger partial charge in [-0.1, -0.05) is 23.8 Å². The zero-order chi connectivity index (χ0) is 15.6. The van der Waals surface area contributed by atoms with Gasteiger partial charge in [-0.05, 0) is 69.5 Å². The Morgan fingerprint density at radius 2 is 1.52 bits per heavy atom. The summed E-state index contributed by atoms with van der Waals surface area (Å²) in [7, 11) is 0. The van der Waals surface area contributed by atoms with Gasteiger partial charge in [0.15, 0.2) is 6.10 Å². The summed E-state index contributed by atoms with van der Waals surface area (Å²) in [5.41, 5.74) is 5.09. The third-order valence-electron chi connectivity index (χ3n) is 3.54. The van der Waals surface area contributed by atoms with E-state index in [0.717, 1.165) is 33.6 Å². The minimum Gasteiger partial charge on any atom is -0.483 e. The zero-order valence-electron chi connectivity index (χ0n) is 13.4. The number of carbonyl (C=O) groups is 1. The van der Waals surface area contributed by atoms with Crippen molar-refractivity contribution in [2.24, 2.45) is 0 Å². The second kappa shape index (κ2) is 6.13. The van der Waals surface area contributed by atoms with Gasteiger partial charge >= 0.3 is 0 Å². The highest BCUT2D eigenvalue weighted by molar-refractivity contribution is 6.00. The third-order valence-corrected chi connectivity index (χ3v) is 3.54. The summed E-state index contributed by atoms with van der Waals surface area (Å²) < 4.78 is 5.84. The van der Waals surface area contributed by atoms with Crippen molar-refractivity contribution in [1.82, 2.24) is 0 Å². The monoisotopic (exact) mass is 282 g/mol. The van der Waals surface area contributed by atoms with Gasteiger partial charge in [0.05, 0.1) is 0 Å². The molecule has 0 spiro atoms. The molecule has 21 heavy (non-hydrogen) atoms. The van der Waals surface area contributed by atoms with Crippen LogP contribution < -0.4 is 4.74 Å². The first-order valence-corrected chi connectivity index (χ1v) is 7.23. The molecular formula is C19H22O2. The Balaban J connectivity index is 2.21. The lowest BCUT2D eigenvalue weighted by atomic mass is 9.99. The van der Waals surface area contributed by atoms with Crippen molar-refractivity contribution in [2.75, 3.05) is 0 Å². The number of hydrogen-bond donors (Lipinski definition) is 0. The van der Waals surface area contributed by atoms with Gasteiger partial charge in [-0.2, -0.15) is 0 Å². The maximum atomic E-state index is 12.6. The number of ketones is 1. The third kappa shape index (κ3) is 3.72. The molecule has 0 N–H and O–H groups in total. The van der Waals surface area contributed by atoms with Crippen LogP contribution in [0.15, 0.2) is 36.4 Å². The Morgan fingerprint density at radius 3 is 2.14 bits per heavy atom. The summed E-state index contributed by atoms with van der Waals surface area (Å²) in [6.45, 7) is 9.80. The lowest BCUT2D eigenvalue weighted by Crippen LogP contribution is -2.24. The van der Waals surface area contributed by atoms with Crippen LogP contribution in [0.1, 0.15) is 39.5 Å². The highest BCUT2D eigenvalue weighted by Crippen LogP contribution is 2.20. The summed E-state index contributed by atoms with van der Waals surface area (Å²) >= 11 is 0. The summed E-state index contributed by atoms with van der Waals surface area (Å²) in [6, 6.07) is 11.9. The van der Waals surface area contributed by atoms with Crippen molar-refractivity contribution >= 4 is 5.78 Å². The van der Waals surface area contributed by atoms with E-state index in [-0.39, 0.29) is 5.78 Å². The first-order valence-electron chi connectivity index (χ1n) is 7.23. The van der Waals surface area contributed by atoms with Gasteiger partial charge in [-0.3, -0.25) is 4.79 Å². The van der Waals surface area contributed by atoms with Crippen molar-refractivity contribution in [3.05, 3.63) is 64.2 Å². The van der Waals surface area contributed by atoms with Crippen LogP contribution in [0, 0.1) is 27.7 Å². The van der Waals surface area contributed by atoms with E-state index in [4.69, 9.17) is 4.74 Å². The minimum absolute atomic E-state index is 0.0235. The second-order valence-electron chi connectivity index (χ2n) is 5.77. The highest BCUT2D eigenvalue weighted by Gasteiger charge is 2.19. The first-order chi connectivity index (χ1) is 9.86. The topological polar surface area (TPSA) is 26.3 Å². The molecule has 0 amide bonds. The molecule has 0 aliphatic heterocycles. The summed E-state index contributed by atoms with van der Waals surface area (Å²) in [6.07, 6.45) is -0.494. The maximum absolute atomic E-state index is 12.6. The predicted molar refractivity (Wildman–Crippen MR) is 86.3 cm³/mol. The van der Waals surface area contributed by atoms with Crippen LogP contribution in [-0.4, -0.2) is 11.9 Å². The molecule has 0 aliphatic carbocycles. The Hall–Kier alpha value is -2.09. The van der Waals surface area contributed by atoms with E-state index in [1.165, 1.54) is 0 Å². The molecular weight excluding hydrogens is 260 g/mol.